The summed E-state index contributed by atoms with van der Waals surface area (Å²) in [6.45, 7) is -1.62. The predicted octanol–water partition coefficient (Wildman–Crippen LogP) is -2.41. The molecule has 0 spiro atoms. The van der Waals surface area contributed by atoms with E-state index >= 15 is 0 Å². The first-order valence-corrected chi connectivity index (χ1v) is 13.5. The molecule has 2 aliphatic heterocycles. The van der Waals surface area contributed by atoms with Crippen LogP contribution >= 0.6 is 0 Å². The second kappa shape index (κ2) is 12.9. The number of benzene rings is 2. The van der Waals surface area contributed by atoms with Gasteiger partial charge < -0.3 is 79.2 Å². The van der Waals surface area contributed by atoms with Crippen LogP contribution < -0.4 is 14.9 Å². The van der Waals surface area contributed by atoms with Crippen molar-refractivity contribution in [2.75, 3.05) is 20.3 Å². The van der Waals surface area contributed by atoms with E-state index in [1.54, 1.807) is 0 Å². The van der Waals surface area contributed by atoms with Crippen LogP contribution in [0.5, 0.6) is 28.7 Å². The van der Waals surface area contributed by atoms with Crippen molar-refractivity contribution in [3.8, 4) is 40.1 Å². The fourth-order valence-electron chi connectivity index (χ4n) is 5.09. The highest BCUT2D eigenvalue weighted by atomic mass is 16.8. The summed E-state index contributed by atoms with van der Waals surface area (Å²) >= 11 is 0. The van der Waals surface area contributed by atoms with E-state index < -0.39 is 103 Å². The number of aromatic hydroxyl groups is 3. The van der Waals surface area contributed by atoms with E-state index in [0.29, 0.717) is 5.56 Å². The molecule has 0 unspecified atom stereocenters. The van der Waals surface area contributed by atoms with Crippen LogP contribution in [0.4, 0.5) is 0 Å². The van der Waals surface area contributed by atoms with Gasteiger partial charge in [0.2, 0.25) is 12.0 Å². The van der Waals surface area contributed by atoms with E-state index in [0.717, 1.165) is 12.1 Å². The molecule has 0 radical (unpaired) electrons. The second-order valence-corrected chi connectivity index (χ2v) is 10.4. The van der Waals surface area contributed by atoms with Gasteiger partial charge in [0.15, 0.2) is 40.8 Å². The summed E-state index contributed by atoms with van der Waals surface area (Å²) in [7, 11) is 1.32. The highest BCUT2D eigenvalue weighted by Crippen LogP contribution is 2.43. The van der Waals surface area contributed by atoms with Crippen molar-refractivity contribution in [2.24, 2.45) is 0 Å². The molecule has 5 rings (SSSR count). The van der Waals surface area contributed by atoms with Crippen molar-refractivity contribution >= 4 is 11.0 Å². The number of rotatable bonds is 8. The first kappa shape index (κ1) is 32.6. The molecule has 17 heteroatoms. The average Bonchev–Trinajstić information content (AvgIpc) is 3.02. The standard InChI is InChI=1S/C28H32O17/c1-40-13-4-9(2-3-10(13)31)12-5-11(32)18-14(41-12)6-15(19(33)22(18)36)42-28-26(24(38)21(35)17(8-30)44-28)45-27-25(39)23(37)20(34)16(7-29)43-27/h2-6,16-17,20-21,23-31,33-39H,7-8H2,1H3/t16-,17-,20-,21-,23+,24+,25-,26-,27+,28+/m1/s1. The fraction of sp³-hybridized carbons (Fsp3) is 0.464. The minimum atomic E-state index is -1.92. The molecule has 10 N–H and O–H groups in total. The number of fused-ring (bicyclic) bond motifs is 1. The summed E-state index contributed by atoms with van der Waals surface area (Å²) in [4.78, 5) is 13.0. The molecule has 2 fully saturated rings. The van der Waals surface area contributed by atoms with Crippen LogP contribution in [0.2, 0.25) is 0 Å². The second-order valence-electron chi connectivity index (χ2n) is 10.4. The van der Waals surface area contributed by atoms with Crippen molar-refractivity contribution in [3.05, 3.63) is 40.6 Å². The number of ether oxygens (including phenoxy) is 5. The first-order chi connectivity index (χ1) is 21.4. The molecule has 1 aromatic heterocycles. The number of phenols is 3. The maximum Gasteiger partial charge on any atom is 0.229 e. The van der Waals surface area contributed by atoms with Gasteiger partial charge in [-0.1, -0.05) is 0 Å². The molecule has 3 heterocycles. The Morgan fingerprint density at radius 3 is 2.04 bits per heavy atom. The van der Waals surface area contributed by atoms with Gasteiger partial charge in [-0.2, -0.15) is 0 Å². The highest BCUT2D eigenvalue weighted by molar-refractivity contribution is 5.89. The zero-order valence-corrected chi connectivity index (χ0v) is 23.4. The van der Waals surface area contributed by atoms with Crippen LogP contribution in [0, 0.1) is 0 Å². The van der Waals surface area contributed by atoms with Crippen molar-refractivity contribution in [3.63, 3.8) is 0 Å². The zero-order chi connectivity index (χ0) is 32.7. The lowest BCUT2D eigenvalue weighted by molar-refractivity contribution is -0.358. The smallest absolute Gasteiger partial charge is 0.229 e. The average molecular weight is 641 g/mol. The third kappa shape index (κ3) is 5.98. The molecule has 0 bridgehead atoms. The van der Waals surface area contributed by atoms with E-state index in [2.05, 4.69) is 0 Å². The highest BCUT2D eigenvalue weighted by Gasteiger charge is 2.51. The molecule has 2 aromatic carbocycles. The van der Waals surface area contributed by atoms with Gasteiger partial charge in [-0.3, -0.25) is 4.79 Å². The SMILES string of the molecule is COc1cc(-c2cc(=O)c3c(O)c(O)c(O[C@H]4O[C@H](CO)[C@@H](O)[C@H](O)[C@H]4O[C@@H]4O[C@H](CO)[C@@H](O)[C@H](O)[C@H]4O)cc3o2)ccc1O. The lowest BCUT2D eigenvalue weighted by Gasteiger charge is -2.45. The van der Waals surface area contributed by atoms with Crippen LogP contribution in [-0.4, -0.2) is 133 Å². The predicted molar refractivity (Wildman–Crippen MR) is 146 cm³/mol. The number of methoxy groups -OCH3 is 1. The fourth-order valence-corrected chi connectivity index (χ4v) is 5.09. The maximum absolute atomic E-state index is 13.0. The van der Waals surface area contributed by atoms with Gasteiger partial charge in [0, 0.05) is 17.7 Å². The third-order valence-electron chi connectivity index (χ3n) is 7.60. The summed E-state index contributed by atoms with van der Waals surface area (Å²) in [5.41, 5.74) is -0.768. The van der Waals surface area contributed by atoms with E-state index in [1.165, 1.54) is 25.3 Å². The number of aliphatic hydroxyl groups excluding tert-OH is 7. The van der Waals surface area contributed by atoms with Crippen LogP contribution in [0.3, 0.4) is 0 Å². The van der Waals surface area contributed by atoms with Gasteiger partial charge in [-0.25, -0.2) is 0 Å². The van der Waals surface area contributed by atoms with E-state index in [-0.39, 0.29) is 22.8 Å². The molecular weight excluding hydrogens is 608 g/mol. The Bertz CT molecular complexity index is 1570. The molecule has 17 nitrogen and oxygen atoms in total. The van der Waals surface area contributed by atoms with E-state index in [4.69, 9.17) is 28.1 Å². The Kier molecular flexibility index (Phi) is 9.38. The minimum absolute atomic E-state index is 0.0292. The third-order valence-corrected chi connectivity index (χ3v) is 7.60. The Balaban J connectivity index is 1.52. The molecule has 246 valence electrons. The largest absolute Gasteiger partial charge is 0.504 e. The van der Waals surface area contributed by atoms with Gasteiger partial charge in [-0.15, -0.1) is 0 Å². The number of phenolic OH excluding ortho intramolecular Hbond substituents is 3. The Labute approximate surface area is 252 Å². The topological polar surface area (TPSA) is 279 Å². The van der Waals surface area contributed by atoms with Gasteiger partial charge in [0.25, 0.3) is 0 Å². The quantitative estimate of drug-likeness (QED) is 0.115. The molecule has 45 heavy (non-hydrogen) atoms. The summed E-state index contributed by atoms with van der Waals surface area (Å²) in [5.74, 6) is -2.64. The normalized spacial score (nSPS) is 32.0. The Morgan fingerprint density at radius 2 is 1.40 bits per heavy atom. The van der Waals surface area contributed by atoms with Crippen molar-refractivity contribution in [2.45, 2.75) is 61.4 Å². The summed E-state index contributed by atoms with van der Waals surface area (Å²) < 4.78 is 33.0. The number of aliphatic hydroxyl groups is 7. The van der Waals surface area contributed by atoms with Crippen molar-refractivity contribution < 1.29 is 79.2 Å². The first-order valence-electron chi connectivity index (χ1n) is 13.5. The molecule has 0 aliphatic carbocycles. The van der Waals surface area contributed by atoms with E-state index in [9.17, 15) is 55.9 Å². The number of hydrogen-bond acceptors (Lipinski definition) is 17. The van der Waals surface area contributed by atoms with Crippen LogP contribution in [0.15, 0.2) is 39.5 Å². The van der Waals surface area contributed by atoms with Crippen molar-refractivity contribution in [1.82, 2.24) is 0 Å². The molecule has 2 saturated heterocycles. The molecule has 0 saturated carbocycles. The Hall–Kier alpha value is -3.75. The van der Waals surface area contributed by atoms with Crippen LogP contribution in [0.1, 0.15) is 0 Å². The molecule has 3 aromatic rings. The molecule has 0 amide bonds. The van der Waals surface area contributed by atoms with Crippen molar-refractivity contribution in [1.29, 1.82) is 0 Å². The van der Waals surface area contributed by atoms with Gasteiger partial charge in [-0.05, 0) is 18.2 Å². The zero-order valence-electron chi connectivity index (χ0n) is 23.4. The Morgan fingerprint density at radius 1 is 0.756 bits per heavy atom. The lowest BCUT2D eigenvalue weighted by atomic mass is 9.97. The van der Waals surface area contributed by atoms with Gasteiger partial charge in [0.05, 0.1) is 20.3 Å². The van der Waals surface area contributed by atoms with Crippen LogP contribution in [0.25, 0.3) is 22.3 Å². The monoisotopic (exact) mass is 640 g/mol. The summed E-state index contributed by atoms with van der Waals surface area (Å²) in [6, 6.07) is 6.15. The molecule has 2 aliphatic rings. The number of hydrogen-bond donors (Lipinski definition) is 10. The lowest BCUT2D eigenvalue weighted by Crippen LogP contribution is -2.65. The summed E-state index contributed by atoms with van der Waals surface area (Å²) in [5, 5.41) is 102. The summed E-state index contributed by atoms with van der Waals surface area (Å²) in [6.07, 6.45) is -17.5. The molecular formula is C28H32O17. The molecule has 10 atom stereocenters. The minimum Gasteiger partial charge on any atom is -0.504 e. The van der Waals surface area contributed by atoms with Crippen LogP contribution in [-0.2, 0) is 14.2 Å². The van der Waals surface area contributed by atoms with Gasteiger partial charge >= 0.3 is 0 Å². The maximum atomic E-state index is 13.0. The van der Waals surface area contributed by atoms with E-state index in [1.807, 2.05) is 0 Å². The van der Waals surface area contributed by atoms with Gasteiger partial charge in [0.1, 0.15) is 59.5 Å².